The third-order valence-electron chi connectivity index (χ3n) is 2.20. The van der Waals surface area contributed by atoms with Crippen molar-refractivity contribution in [2.75, 3.05) is 19.1 Å². The van der Waals surface area contributed by atoms with Crippen molar-refractivity contribution in [2.45, 2.75) is 6.92 Å². The fraction of sp³-hybridized carbons (Fsp3) is 0.300. The van der Waals surface area contributed by atoms with Crippen LogP contribution in [0.5, 0.6) is 0 Å². The Kier molecular flexibility index (Phi) is 3.44. The van der Waals surface area contributed by atoms with Crippen molar-refractivity contribution < 1.29 is 14.5 Å². The number of ether oxygens (including phenoxy) is 1. The van der Waals surface area contributed by atoms with Crippen LogP contribution in [0.2, 0.25) is 0 Å². The summed E-state index contributed by atoms with van der Waals surface area (Å²) in [6.07, 6.45) is -0.517. The number of nitro groups is 1. The molecule has 0 atom stereocenters. The van der Waals surface area contributed by atoms with Crippen molar-refractivity contribution >= 4 is 17.5 Å². The zero-order chi connectivity index (χ0) is 12.3. The van der Waals surface area contributed by atoms with E-state index >= 15 is 0 Å². The van der Waals surface area contributed by atoms with E-state index in [1.54, 1.807) is 14.0 Å². The normalized spacial score (nSPS) is 9.69. The molecule has 16 heavy (non-hydrogen) atoms. The number of aryl methyl sites for hydroxylation is 1. The van der Waals surface area contributed by atoms with Gasteiger partial charge in [-0.3, -0.25) is 15.0 Å². The first-order valence-electron chi connectivity index (χ1n) is 4.54. The highest BCUT2D eigenvalue weighted by molar-refractivity contribution is 5.88. The van der Waals surface area contributed by atoms with Gasteiger partial charge in [-0.15, -0.1) is 0 Å². The van der Waals surface area contributed by atoms with E-state index in [2.05, 4.69) is 4.74 Å². The zero-order valence-corrected chi connectivity index (χ0v) is 9.26. The van der Waals surface area contributed by atoms with Crippen molar-refractivity contribution in [3.63, 3.8) is 0 Å². The van der Waals surface area contributed by atoms with Gasteiger partial charge in [0, 0.05) is 19.2 Å². The molecule has 0 unspecified atom stereocenters. The van der Waals surface area contributed by atoms with Crippen molar-refractivity contribution in [3.05, 3.63) is 33.9 Å². The van der Waals surface area contributed by atoms with Gasteiger partial charge in [0.1, 0.15) is 0 Å². The molecule has 6 heteroatoms. The molecule has 0 N–H and O–H groups in total. The minimum absolute atomic E-state index is 0.000448. The van der Waals surface area contributed by atoms with E-state index in [0.717, 1.165) is 0 Å². The number of amides is 1. The molecule has 86 valence electrons. The second-order valence-electron chi connectivity index (χ2n) is 3.26. The maximum absolute atomic E-state index is 11.3. The molecule has 0 saturated heterocycles. The Morgan fingerprint density at radius 3 is 2.56 bits per heavy atom. The summed E-state index contributed by atoms with van der Waals surface area (Å²) in [5.41, 5.74) is 1.22. The summed E-state index contributed by atoms with van der Waals surface area (Å²) in [6, 6.07) is 4.28. The summed E-state index contributed by atoms with van der Waals surface area (Å²) in [5.74, 6) is 0. The number of nitro benzene ring substituents is 1. The molecule has 0 saturated carbocycles. The molecule has 1 amide bonds. The van der Waals surface area contributed by atoms with Gasteiger partial charge >= 0.3 is 6.09 Å². The third-order valence-corrected chi connectivity index (χ3v) is 2.20. The first-order chi connectivity index (χ1) is 7.47. The fourth-order valence-electron chi connectivity index (χ4n) is 1.36. The molecule has 0 bridgehead atoms. The molecule has 0 heterocycles. The van der Waals surface area contributed by atoms with Crippen LogP contribution in [0.4, 0.5) is 16.2 Å². The zero-order valence-electron chi connectivity index (χ0n) is 9.26. The van der Waals surface area contributed by atoms with E-state index < -0.39 is 11.0 Å². The van der Waals surface area contributed by atoms with Crippen LogP contribution in [0.15, 0.2) is 18.2 Å². The summed E-state index contributed by atoms with van der Waals surface area (Å²) in [4.78, 5) is 22.6. The smallest absolute Gasteiger partial charge is 0.413 e. The lowest BCUT2D eigenvalue weighted by atomic mass is 10.1. The maximum Gasteiger partial charge on any atom is 0.413 e. The maximum atomic E-state index is 11.3. The number of carbonyl (C=O) groups is 1. The number of rotatable bonds is 2. The van der Waals surface area contributed by atoms with Crippen LogP contribution in [-0.4, -0.2) is 25.2 Å². The van der Waals surface area contributed by atoms with Crippen molar-refractivity contribution in [2.24, 2.45) is 0 Å². The molecule has 0 aliphatic rings. The Balaban J connectivity index is 3.08. The third kappa shape index (κ3) is 2.28. The molecule has 0 aromatic heterocycles. The van der Waals surface area contributed by atoms with Crippen LogP contribution in [0.1, 0.15) is 5.56 Å². The molecular weight excluding hydrogens is 212 g/mol. The molecule has 0 aliphatic heterocycles. The summed E-state index contributed by atoms with van der Waals surface area (Å²) in [6.45, 7) is 1.70. The molecule has 1 aromatic rings. The Morgan fingerprint density at radius 2 is 2.12 bits per heavy atom. The lowest BCUT2D eigenvalue weighted by Crippen LogP contribution is -2.26. The molecule has 0 fully saturated rings. The number of non-ortho nitro benzene ring substituents is 1. The number of methoxy groups -OCH3 is 1. The number of nitrogens with zero attached hydrogens (tertiary/aromatic N) is 2. The van der Waals surface area contributed by atoms with Gasteiger partial charge < -0.3 is 4.74 Å². The van der Waals surface area contributed by atoms with Gasteiger partial charge in [-0.25, -0.2) is 4.79 Å². The lowest BCUT2D eigenvalue weighted by molar-refractivity contribution is -0.384. The number of hydrogen-bond donors (Lipinski definition) is 0. The van der Waals surface area contributed by atoms with E-state index in [9.17, 15) is 14.9 Å². The molecule has 1 aromatic carbocycles. The van der Waals surface area contributed by atoms with Gasteiger partial charge in [0.2, 0.25) is 0 Å². The summed E-state index contributed by atoms with van der Waals surface area (Å²) < 4.78 is 4.55. The summed E-state index contributed by atoms with van der Waals surface area (Å²) in [7, 11) is 2.82. The monoisotopic (exact) mass is 224 g/mol. The predicted octanol–water partition coefficient (Wildman–Crippen LogP) is 2.11. The largest absolute Gasteiger partial charge is 0.452 e. The second kappa shape index (κ2) is 4.61. The molecule has 0 radical (unpaired) electrons. The van der Waals surface area contributed by atoms with Gasteiger partial charge in [0.05, 0.1) is 17.7 Å². The van der Waals surface area contributed by atoms with Gasteiger partial charge in [-0.05, 0) is 18.6 Å². The molecule has 1 rings (SSSR count). The SMILES string of the molecule is COC(=O)N(C)c1ccc([N+](=O)[O-])cc1C. The van der Waals surface area contributed by atoms with Crippen LogP contribution in [-0.2, 0) is 4.74 Å². The molecular formula is C10H12N2O4. The Bertz CT molecular complexity index is 431. The topological polar surface area (TPSA) is 72.7 Å². The highest BCUT2D eigenvalue weighted by Gasteiger charge is 2.15. The average Bonchev–Trinajstić information content (AvgIpc) is 2.26. The van der Waals surface area contributed by atoms with E-state index in [-0.39, 0.29) is 5.69 Å². The van der Waals surface area contributed by atoms with Crippen LogP contribution in [0, 0.1) is 17.0 Å². The van der Waals surface area contributed by atoms with E-state index in [4.69, 9.17) is 0 Å². The van der Waals surface area contributed by atoms with Crippen molar-refractivity contribution in [1.29, 1.82) is 0 Å². The number of anilines is 1. The minimum Gasteiger partial charge on any atom is -0.452 e. The number of carbonyl (C=O) groups excluding carboxylic acids is 1. The van der Waals surface area contributed by atoms with Crippen molar-refractivity contribution in [3.8, 4) is 0 Å². The highest BCUT2D eigenvalue weighted by atomic mass is 16.6. The first-order valence-corrected chi connectivity index (χ1v) is 4.54. The second-order valence-corrected chi connectivity index (χ2v) is 3.26. The summed E-state index contributed by atoms with van der Waals surface area (Å²) in [5, 5.41) is 10.5. The fourth-order valence-corrected chi connectivity index (χ4v) is 1.36. The van der Waals surface area contributed by atoms with Crippen LogP contribution in [0.3, 0.4) is 0 Å². The Morgan fingerprint density at radius 1 is 1.50 bits per heavy atom. The average molecular weight is 224 g/mol. The lowest BCUT2D eigenvalue weighted by Gasteiger charge is -2.17. The Hall–Kier alpha value is -2.11. The quantitative estimate of drug-likeness (QED) is 0.569. The van der Waals surface area contributed by atoms with E-state index in [1.807, 2.05) is 0 Å². The van der Waals surface area contributed by atoms with Crippen LogP contribution < -0.4 is 4.90 Å². The number of benzene rings is 1. The standard InChI is InChI=1S/C10H12N2O4/c1-7-6-8(12(14)15)4-5-9(7)11(2)10(13)16-3/h4-6H,1-3H3. The number of hydrogen-bond acceptors (Lipinski definition) is 4. The van der Waals surface area contributed by atoms with Gasteiger partial charge in [0.25, 0.3) is 5.69 Å². The van der Waals surface area contributed by atoms with Crippen molar-refractivity contribution in [1.82, 2.24) is 0 Å². The minimum atomic E-state index is -0.517. The van der Waals surface area contributed by atoms with Crippen LogP contribution in [0.25, 0.3) is 0 Å². The Labute approximate surface area is 92.6 Å². The van der Waals surface area contributed by atoms with Gasteiger partial charge in [-0.2, -0.15) is 0 Å². The van der Waals surface area contributed by atoms with Gasteiger partial charge in [-0.1, -0.05) is 0 Å². The molecule has 6 nitrogen and oxygen atoms in total. The predicted molar refractivity (Wildman–Crippen MR) is 58.6 cm³/mol. The summed E-state index contributed by atoms with van der Waals surface area (Å²) >= 11 is 0. The van der Waals surface area contributed by atoms with E-state index in [0.29, 0.717) is 11.3 Å². The molecule has 0 spiro atoms. The molecule has 0 aliphatic carbocycles. The highest BCUT2D eigenvalue weighted by Crippen LogP contribution is 2.24. The van der Waals surface area contributed by atoms with Gasteiger partial charge in [0.15, 0.2) is 0 Å². The first kappa shape index (κ1) is 12.0. The van der Waals surface area contributed by atoms with E-state index in [1.165, 1.54) is 30.2 Å². The van der Waals surface area contributed by atoms with Crippen LogP contribution >= 0.6 is 0 Å².